The number of methoxy groups -OCH3 is 1. The van der Waals surface area contributed by atoms with Crippen LogP contribution in [-0.2, 0) is 21.5 Å². The number of aromatic amines is 1. The third kappa shape index (κ3) is 5.36. The minimum atomic E-state index is -0.407. The maximum absolute atomic E-state index is 12.7. The molecule has 208 valence electrons. The molecule has 0 radical (unpaired) electrons. The van der Waals surface area contributed by atoms with Crippen LogP contribution in [0.1, 0.15) is 17.7 Å². The molecule has 0 aliphatic carbocycles. The van der Waals surface area contributed by atoms with Gasteiger partial charge in [0.15, 0.2) is 0 Å². The molecule has 2 saturated heterocycles. The fraction of sp³-hybridized carbons (Fsp3) is 0.500. The number of ether oxygens (including phenoxy) is 3. The molecule has 1 aromatic heterocycles. The first-order chi connectivity index (χ1) is 19.2. The number of para-hydroxylation sites is 1. The molecule has 3 aliphatic rings. The summed E-state index contributed by atoms with van der Waals surface area (Å²) >= 11 is 0. The molecule has 2 fully saturated rings. The molecule has 3 N–H and O–H groups in total. The highest BCUT2D eigenvalue weighted by atomic mass is 16.5. The van der Waals surface area contributed by atoms with E-state index in [0.29, 0.717) is 26.3 Å². The predicted octanol–water partition coefficient (Wildman–Crippen LogP) is 2.12. The Kier molecular flexibility index (Phi) is 7.74. The maximum atomic E-state index is 12.7. The first-order valence-electron chi connectivity index (χ1n) is 14.1. The van der Waals surface area contributed by atoms with Crippen molar-refractivity contribution in [2.75, 3.05) is 72.7 Å². The maximum Gasteiger partial charge on any atom is 0.250 e. The zero-order chi connectivity index (χ0) is 26.7. The van der Waals surface area contributed by atoms with Gasteiger partial charge in [-0.25, -0.2) is 0 Å². The average Bonchev–Trinajstić information content (AvgIpc) is 3.58. The fourth-order valence-electron chi connectivity index (χ4n) is 6.45. The summed E-state index contributed by atoms with van der Waals surface area (Å²) in [4.78, 5) is 21.6. The third-order valence-corrected chi connectivity index (χ3v) is 8.46. The molecule has 3 aromatic rings. The van der Waals surface area contributed by atoms with Gasteiger partial charge in [-0.1, -0.05) is 18.2 Å². The van der Waals surface area contributed by atoms with Crippen molar-refractivity contribution in [2.24, 2.45) is 0 Å². The van der Waals surface area contributed by atoms with Crippen molar-refractivity contribution in [3.05, 3.63) is 59.8 Å². The summed E-state index contributed by atoms with van der Waals surface area (Å²) in [7, 11) is 1.72. The summed E-state index contributed by atoms with van der Waals surface area (Å²) in [6.07, 6.45) is 1.58. The molecule has 1 amide bonds. The SMILES string of the molecule is COc1ccc2[nH]c3c(c2c1)CCN(CCNC(=O)C1CNCCO1)C31CCN(CCOc2ccccc2)C1. The average molecular weight is 534 g/mol. The van der Waals surface area contributed by atoms with Gasteiger partial charge in [0.05, 0.1) is 19.3 Å². The van der Waals surface area contributed by atoms with E-state index < -0.39 is 6.10 Å². The van der Waals surface area contributed by atoms with Crippen molar-refractivity contribution in [3.8, 4) is 11.5 Å². The minimum absolute atomic E-state index is 0.0298. The number of aromatic nitrogens is 1. The zero-order valence-electron chi connectivity index (χ0n) is 22.7. The molecule has 9 nitrogen and oxygen atoms in total. The lowest BCUT2D eigenvalue weighted by Crippen LogP contribution is -2.55. The zero-order valence-corrected chi connectivity index (χ0v) is 22.7. The Bertz CT molecular complexity index is 1280. The molecule has 9 heteroatoms. The second-order valence-electron chi connectivity index (χ2n) is 10.7. The Labute approximate surface area is 229 Å². The second-order valence-corrected chi connectivity index (χ2v) is 10.7. The van der Waals surface area contributed by atoms with Crippen molar-refractivity contribution >= 4 is 16.8 Å². The lowest BCUT2D eigenvalue weighted by atomic mass is 9.84. The van der Waals surface area contributed by atoms with Gasteiger partial charge in [-0.15, -0.1) is 0 Å². The number of amides is 1. The van der Waals surface area contributed by atoms with E-state index in [-0.39, 0.29) is 11.4 Å². The van der Waals surface area contributed by atoms with E-state index in [0.717, 1.165) is 69.1 Å². The number of nitrogens with one attached hydrogen (secondary N) is 3. The molecule has 3 aliphatic heterocycles. The normalized spacial score (nSPS) is 23.7. The standard InChI is InChI=1S/C30H39N5O4/c1-37-23-7-8-26-25(19-23)24-9-13-35(15-11-32-29(36)27-20-31-12-17-39-27)30(28(24)33-26)10-14-34(21-30)16-18-38-22-5-3-2-4-6-22/h2-8,19,27,31,33H,9-18,20-21H2,1H3,(H,32,36). The monoisotopic (exact) mass is 533 g/mol. The fourth-order valence-corrected chi connectivity index (χ4v) is 6.45. The Morgan fingerprint density at radius 1 is 1.15 bits per heavy atom. The van der Waals surface area contributed by atoms with Gasteiger partial charge >= 0.3 is 0 Å². The number of H-pyrrole nitrogens is 1. The second kappa shape index (κ2) is 11.6. The van der Waals surface area contributed by atoms with Crippen molar-refractivity contribution in [1.29, 1.82) is 0 Å². The van der Waals surface area contributed by atoms with Crippen LogP contribution < -0.4 is 20.1 Å². The van der Waals surface area contributed by atoms with Crippen molar-refractivity contribution in [3.63, 3.8) is 0 Å². The lowest BCUT2D eigenvalue weighted by molar-refractivity contribution is -0.134. The third-order valence-electron chi connectivity index (χ3n) is 8.46. The number of carbonyl (C=O) groups is 1. The van der Waals surface area contributed by atoms with Gasteiger partial charge < -0.3 is 29.8 Å². The van der Waals surface area contributed by atoms with Crippen LogP contribution in [0.5, 0.6) is 11.5 Å². The summed E-state index contributed by atoms with van der Waals surface area (Å²) in [5.74, 6) is 1.76. The Hall–Kier alpha value is -3.11. The molecule has 1 spiro atoms. The van der Waals surface area contributed by atoms with Crippen molar-refractivity contribution in [1.82, 2.24) is 25.4 Å². The number of benzene rings is 2. The molecule has 6 rings (SSSR count). The number of fused-ring (bicyclic) bond motifs is 4. The van der Waals surface area contributed by atoms with Crippen LogP contribution in [-0.4, -0.2) is 99.5 Å². The van der Waals surface area contributed by atoms with E-state index in [1.165, 1.54) is 16.6 Å². The summed E-state index contributed by atoms with van der Waals surface area (Å²) < 4.78 is 17.2. The van der Waals surface area contributed by atoms with E-state index in [4.69, 9.17) is 14.2 Å². The van der Waals surface area contributed by atoms with Crippen LogP contribution in [0.3, 0.4) is 0 Å². The first kappa shape index (κ1) is 26.1. The van der Waals surface area contributed by atoms with E-state index in [1.807, 2.05) is 36.4 Å². The van der Waals surface area contributed by atoms with Crippen molar-refractivity contribution < 1.29 is 19.0 Å². The quantitative estimate of drug-likeness (QED) is 0.388. The number of hydrogen-bond donors (Lipinski definition) is 3. The van der Waals surface area contributed by atoms with Crippen molar-refractivity contribution in [2.45, 2.75) is 24.5 Å². The minimum Gasteiger partial charge on any atom is -0.497 e. The highest BCUT2D eigenvalue weighted by Crippen LogP contribution is 2.44. The van der Waals surface area contributed by atoms with E-state index in [1.54, 1.807) is 7.11 Å². The van der Waals surface area contributed by atoms with E-state index in [9.17, 15) is 4.79 Å². The molecular formula is C30H39N5O4. The number of hydrogen-bond acceptors (Lipinski definition) is 7. The molecule has 2 atom stereocenters. The number of morpholine rings is 1. The predicted molar refractivity (Wildman–Crippen MR) is 150 cm³/mol. The van der Waals surface area contributed by atoms with Crippen LogP contribution in [0.25, 0.3) is 10.9 Å². The molecule has 0 bridgehead atoms. The molecule has 0 saturated carbocycles. The first-order valence-corrected chi connectivity index (χ1v) is 14.1. The lowest BCUT2D eigenvalue weighted by Gasteiger charge is -2.45. The summed E-state index contributed by atoms with van der Waals surface area (Å²) in [6.45, 7) is 7.73. The topological polar surface area (TPSA) is 91.1 Å². The number of likely N-dealkylation sites (tertiary alicyclic amines) is 1. The highest BCUT2D eigenvalue weighted by molar-refractivity contribution is 5.87. The van der Waals surface area contributed by atoms with Crippen LogP contribution in [0, 0.1) is 0 Å². The number of nitrogens with zero attached hydrogens (tertiary/aromatic N) is 2. The van der Waals surface area contributed by atoms with Gasteiger partial charge in [-0.05, 0) is 48.7 Å². The Morgan fingerprint density at radius 3 is 2.87 bits per heavy atom. The Balaban J connectivity index is 1.19. The molecule has 2 aromatic carbocycles. The van der Waals surface area contributed by atoms with Gasteiger partial charge in [0.1, 0.15) is 24.2 Å². The van der Waals surface area contributed by atoms with E-state index >= 15 is 0 Å². The van der Waals surface area contributed by atoms with Gasteiger partial charge in [-0.3, -0.25) is 14.6 Å². The van der Waals surface area contributed by atoms with Gasteiger partial charge in [0, 0.05) is 69.0 Å². The molecule has 4 heterocycles. The molecule has 2 unspecified atom stereocenters. The number of carbonyl (C=O) groups excluding carboxylic acids is 1. The van der Waals surface area contributed by atoms with E-state index in [2.05, 4.69) is 37.6 Å². The van der Waals surface area contributed by atoms with Crippen LogP contribution in [0.2, 0.25) is 0 Å². The molecule has 39 heavy (non-hydrogen) atoms. The van der Waals surface area contributed by atoms with Crippen LogP contribution >= 0.6 is 0 Å². The van der Waals surface area contributed by atoms with Crippen LogP contribution in [0.4, 0.5) is 0 Å². The smallest absolute Gasteiger partial charge is 0.250 e. The Morgan fingerprint density at radius 2 is 2.05 bits per heavy atom. The summed E-state index contributed by atoms with van der Waals surface area (Å²) in [6, 6.07) is 16.3. The summed E-state index contributed by atoms with van der Waals surface area (Å²) in [5, 5.41) is 7.62. The molecular weight excluding hydrogens is 494 g/mol. The van der Waals surface area contributed by atoms with Gasteiger partial charge in [0.2, 0.25) is 0 Å². The van der Waals surface area contributed by atoms with Crippen LogP contribution in [0.15, 0.2) is 48.5 Å². The summed E-state index contributed by atoms with van der Waals surface area (Å²) in [5.41, 5.74) is 3.73. The highest BCUT2D eigenvalue weighted by Gasteiger charge is 2.48. The van der Waals surface area contributed by atoms with Gasteiger partial charge in [0.25, 0.3) is 5.91 Å². The number of rotatable bonds is 9. The van der Waals surface area contributed by atoms with Gasteiger partial charge in [-0.2, -0.15) is 0 Å². The largest absolute Gasteiger partial charge is 0.497 e.